The first-order valence-corrected chi connectivity index (χ1v) is 8.99. The number of benzene rings is 1. The zero-order valence-electron chi connectivity index (χ0n) is 14.4. The molecule has 6 heteroatoms. The number of rotatable bonds is 6. The first-order chi connectivity index (χ1) is 12.5. The van der Waals surface area contributed by atoms with Crippen LogP contribution in [0.25, 0.3) is 6.08 Å². The van der Waals surface area contributed by atoms with Gasteiger partial charge in [-0.3, -0.25) is 4.79 Å². The molecular formula is C20H18N2O3S. The summed E-state index contributed by atoms with van der Waals surface area (Å²) >= 11 is 1.42. The van der Waals surface area contributed by atoms with Crippen LogP contribution in [-0.2, 0) is 0 Å². The number of aromatic nitrogens is 1. The topological polar surface area (TPSA) is 75.7 Å². The number of allylic oxidation sites excluding steroid dienone is 1. The molecule has 2 aromatic heterocycles. The second-order valence-corrected chi connectivity index (χ2v) is 6.82. The average Bonchev–Trinajstić information content (AvgIpc) is 3.32. The molecule has 132 valence electrons. The van der Waals surface area contributed by atoms with E-state index in [4.69, 9.17) is 4.42 Å². The highest BCUT2D eigenvalue weighted by Gasteiger charge is 2.12. The summed E-state index contributed by atoms with van der Waals surface area (Å²) in [6.07, 6.45) is 7.89. The Labute approximate surface area is 155 Å². The fourth-order valence-corrected chi connectivity index (χ4v) is 2.89. The number of furan rings is 1. The molecule has 0 fully saturated rings. The molecule has 26 heavy (non-hydrogen) atoms. The van der Waals surface area contributed by atoms with Crippen molar-refractivity contribution < 1.29 is 14.3 Å². The van der Waals surface area contributed by atoms with Crippen molar-refractivity contribution in [3.8, 4) is 5.75 Å². The van der Waals surface area contributed by atoms with Crippen molar-refractivity contribution in [3.63, 3.8) is 0 Å². The van der Waals surface area contributed by atoms with Crippen molar-refractivity contribution in [1.82, 2.24) is 4.98 Å². The predicted molar refractivity (Wildman–Crippen MR) is 104 cm³/mol. The molecule has 0 aliphatic carbocycles. The fourth-order valence-electron chi connectivity index (χ4n) is 2.42. The zero-order valence-corrected chi connectivity index (χ0v) is 15.2. The van der Waals surface area contributed by atoms with E-state index >= 15 is 0 Å². The van der Waals surface area contributed by atoms with E-state index in [0.29, 0.717) is 10.7 Å². The maximum Gasteiger partial charge on any atom is 0.221 e. The zero-order chi connectivity index (χ0) is 18.5. The summed E-state index contributed by atoms with van der Waals surface area (Å²) in [4.78, 5) is 20.5. The third kappa shape index (κ3) is 4.15. The van der Waals surface area contributed by atoms with Gasteiger partial charge in [0.05, 0.1) is 6.26 Å². The van der Waals surface area contributed by atoms with E-state index in [2.05, 4.69) is 9.98 Å². The van der Waals surface area contributed by atoms with Crippen LogP contribution in [0, 0.1) is 0 Å². The summed E-state index contributed by atoms with van der Waals surface area (Å²) in [5.41, 5.74) is 2.17. The van der Waals surface area contributed by atoms with Crippen LogP contribution >= 0.6 is 11.3 Å². The Morgan fingerprint density at radius 1 is 1.38 bits per heavy atom. The molecule has 0 bridgehead atoms. The minimum absolute atomic E-state index is 0.121. The number of phenols is 1. The molecule has 3 aromatic rings. The van der Waals surface area contributed by atoms with Crippen LogP contribution in [0.5, 0.6) is 5.75 Å². The Balaban J connectivity index is 1.93. The van der Waals surface area contributed by atoms with Crippen molar-refractivity contribution in [2.75, 3.05) is 0 Å². The molecule has 1 aromatic carbocycles. The molecule has 0 saturated heterocycles. The van der Waals surface area contributed by atoms with Gasteiger partial charge in [-0.2, -0.15) is 0 Å². The summed E-state index contributed by atoms with van der Waals surface area (Å²) < 4.78 is 5.10. The molecular weight excluding hydrogens is 348 g/mol. The molecule has 3 rings (SSSR count). The van der Waals surface area contributed by atoms with Gasteiger partial charge in [-0.15, -0.1) is 11.3 Å². The number of carbonyl (C=O) groups is 1. The van der Waals surface area contributed by atoms with Gasteiger partial charge in [-0.1, -0.05) is 19.9 Å². The van der Waals surface area contributed by atoms with Crippen molar-refractivity contribution in [3.05, 3.63) is 70.6 Å². The van der Waals surface area contributed by atoms with Gasteiger partial charge in [0, 0.05) is 23.4 Å². The Morgan fingerprint density at radius 3 is 2.88 bits per heavy atom. The number of phenolic OH excluding ortho intramolecular Hbond substituents is 1. The smallest absolute Gasteiger partial charge is 0.221 e. The summed E-state index contributed by atoms with van der Waals surface area (Å²) in [5.74, 6) is 0.382. The average molecular weight is 366 g/mol. The van der Waals surface area contributed by atoms with E-state index in [1.807, 2.05) is 25.3 Å². The first kappa shape index (κ1) is 17.8. The number of thiazole rings is 1. The van der Waals surface area contributed by atoms with E-state index in [1.165, 1.54) is 23.7 Å². The lowest BCUT2D eigenvalue weighted by atomic mass is 9.96. The third-order valence-electron chi connectivity index (χ3n) is 3.74. The van der Waals surface area contributed by atoms with E-state index in [0.717, 1.165) is 11.1 Å². The summed E-state index contributed by atoms with van der Waals surface area (Å²) in [7, 11) is 0. The number of aliphatic imine (C=N–C) groups is 1. The summed E-state index contributed by atoms with van der Waals surface area (Å²) in [6, 6.07) is 6.94. The molecule has 2 heterocycles. The molecule has 0 radical (unpaired) electrons. The predicted octanol–water partition coefficient (Wildman–Crippen LogP) is 5.21. The van der Waals surface area contributed by atoms with Gasteiger partial charge < -0.3 is 9.52 Å². The molecule has 0 spiro atoms. The first-order valence-electron chi connectivity index (χ1n) is 8.11. The number of nitrogens with zero attached hydrogens (tertiary/aromatic N) is 2. The highest BCUT2D eigenvalue weighted by molar-refractivity contribution is 7.13. The summed E-state index contributed by atoms with van der Waals surface area (Å²) in [5, 5.41) is 13.0. The van der Waals surface area contributed by atoms with E-state index < -0.39 is 0 Å². The van der Waals surface area contributed by atoms with Crippen LogP contribution in [-0.4, -0.2) is 22.1 Å². The van der Waals surface area contributed by atoms with Crippen LogP contribution in [0.1, 0.15) is 47.0 Å². The summed E-state index contributed by atoms with van der Waals surface area (Å²) in [6.45, 7) is 4.00. The minimum atomic E-state index is -0.216. The SMILES string of the molecule is CC(C)c1cc(/C=C/C(=O)c2ccco2)cc(C=Nc2nccs2)c1O. The van der Waals surface area contributed by atoms with Gasteiger partial charge in [-0.05, 0) is 47.4 Å². The number of hydrogen-bond donors (Lipinski definition) is 1. The Bertz CT molecular complexity index is 940. The van der Waals surface area contributed by atoms with E-state index in [9.17, 15) is 9.90 Å². The maximum absolute atomic E-state index is 12.1. The Kier molecular flexibility index (Phi) is 5.43. The lowest BCUT2D eigenvalue weighted by Gasteiger charge is -2.12. The molecule has 0 unspecified atom stereocenters. The van der Waals surface area contributed by atoms with Crippen molar-refractivity contribution >= 4 is 34.5 Å². The van der Waals surface area contributed by atoms with Crippen molar-refractivity contribution in [2.24, 2.45) is 4.99 Å². The number of hydrogen-bond acceptors (Lipinski definition) is 6. The lowest BCUT2D eigenvalue weighted by molar-refractivity contribution is 0.102. The molecule has 5 nitrogen and oxygen atoms in total. The molecule has 0 aliphatic heterocycles. The second-order valence-electron chi connectivity index (χ2n) is 5.95. The highest BCUT2D eigenvalue weighted by atomic mass is 32.1. The maximum atomic E-state index is 12.1. The quantitative estimate of drug-likeness (QED) is 0.369. The Hall–Kier alpha value is -2.99. The van der Waals surface area contributed by atoms with Gasteiger partial charge in [-0.25, -0.2) is 9.98 Å². The second kappa shape index (κ2) is 7.93. The van der Waals surface area contributed by atoms with Crippen LogP contribution in [0.3, 0.4) is 0 Å². The lowest BCUT2D eigenvalue weighted by Crippen LogP contribution is -1.95. The van der Waals surface area contributed by atoms with Gasteiger partial charge in [0.15, 0.2) is 5.76 Å². The highest BCUT2D eigenvalue weighted by Crippen LogP contribution is 2.31. The normalized spacial score (nSPS) is 11.8. The number of aromatic hydroxyl groups is 1. The van der Waals surface area contributed by atoms with Gasteiger partial charge >= 0.3 is 0 Å². The molecule has 0 amide bonds. The van der Waals surface area contributed by atoms with E-state index in [1.54, 1.807) is 36.7 Å². The molecule has 0 saturated carbocycles. The molecule has 1 N–H and O–H groups in total. The van der Waals surface area contributed by atoms with Crippen LogP contribution in [0.4, 0.5) is 5.13 Å². The molecule has 0 aliphatic rings. The monoisotopic (exact) mass is 366 g/mol. The van der Waals surface area contributed by atoms with Crippen LogP contribution in [0.2, 0.25) is 0 Å². The van der Waals surface area contributed by atoms with Crippen molar-refractivity contribution in [2.45, 2.75) is 19.8 Å². The van der Waals surface area contributed by atoms with Gasteiger partial charge in [0.1, 0.15) is 5.75 Å². The van der Waals surface area contributed by atoms with Crippen LogP contribution < -0.4 is 0 Å². The molecule has 0 atom stereocenters. The van der Waals surface area contributed by atoms with Crippen LogP contribution in [0.15, 0.2) is 57.6 Å². The Morgan fingerprint density at radius 2 is 2.23 bits per heavy atom. The van der Waals surface area contributed by atoms with Gasteiger partial charge in [0.25, 0.3) is 0 Å². The third-order valence-corrected chi connectivity index (χ3v) is 4.42. The largest absolute Gasteiger partial charge is 0.507 e. The number of carbonyl (C=O) groups excluding carboxylic acids is 1. The van der Waals surface area contributed by atoms with Crippen molar-refractivity contribution in [1.29, 1.82) is 0 Å². The standard InChI is InChI=1S/C20H18N2O3S/c1-13(2)16-11-14(5-6-17(23)18-4-3-8-25-18)10-15(19(16)24)12-22-20-21-7-9-26-20/h3-13,24H,1-2H3/b6-5+,22-12?. The van der Waals surface area contributed by atoms with E-state index in [-0.39, 0.29) is 23.2 Å². The number of ketones is 1. The minimum Gasteiger partial charge on any atom is -0.507 e. The fraction of sp³-hybridized carbons (Fsp3) is 0.150. The van der Waals surface area contributed by atoms with Gasteiger partial charge in [0.2, 0.25) is 10.9 Å².